The summed E-state index contributed by atoms with van der Waals surface area (Å²) in [6, 6.07) is 6.07. The predicted molar refractivity (Wildman–Crippen MR) is 93.3 cm³/mol. The van der Waals surface area contributed by atoms with Crippen molar-refractivity contribution in [1.82, 2.24) is 4.72 Å². The zero-order chi connectivity index (χ0) is 16.6. The fraction of sp³-hybridized carbons (Fsp3) is 0.625. The van der Waals surface area contributed by atoms with Crippen molar-refractivity contribution in [2.24, 2.45) is 5.92 Å². The van der Waals surface area contributed by atoms with E-state index in [4.69, 9.17) is 0 Å². The van der Waals surface area contributed by atoms with Gasteiger partial charge in [0, 0.05) is 10.5 Å². The molecule has 0 bridgehead atoms. The third-order valence-corrected chi connectivity index (χ3v) is 5.93. The summed E-state index contributed by atoms with van der Waals surface area (Å²) >= 11 is 3.29. The van der Waals surface area contributed by atoms with Gasteiger partial charge in [0.25, 0.3) is 0 Å². The Hall–Kier alpha value is -0.430. The van der Waals surface area contributed by atoms with Gasteiger partial charge in [-0.1, -0.05) is 55.5 Å². The van der Waals surface area contributed by atoms with Gasteiger partial charge in [-0.15, -0.1) is 0 Å². The minimum atomic E-state index is -3.60. The van der Waals surface area contributed by atoms with E-state index in [0.29, 0.717) is 0 Å². The molecule has 22 heavy (non-hydrogen) atoms. The van der Waals surface area contributed by atoms with E-state index in [2.05, 4.69) is 27.6 Å². The van der Waals surface area contributed by atoms with Gasteiger partial charge in [-0.2, -0.15) is 0 Å². The molecule has 4 nitrogen and oxygen atoms in total. The lowest BCUT2D eigenvalue weighted by Gasteiger charge is -2.25. The van der Waals surface area contributed by atoms with Crippen LogP contribution in [-0.4, -0.2) is 26.2 Å². The zero-order valence-corrected chi connectivity index (χ0v) is 15.7. The molecule has 6 heteroatoms. The number of benzene rings is 1. The first kappa shape index (κ1) is 19.6. The second kappa shape index (κ2) is 9.65. The van der Waals surface area contributed by atoms with Crippen LogP contribution >= 0.6 is 15.9 Å². The first-order chi connectivity index (χ1) is 10.4. The van der Waals surface area contributed by atoms with Crippen LogP contribution in [0.3, 0.4) is 0 Å². The standard InChI is InChI=1S/C16H26BrNO3S/c1-3-5-6-7-13(4-2)16(12-19)18-22(20,21)15-10-8-14(17)9-11-15/h8-11,13,16,18-19H,3-7,12H2,1-2H3/t13-,16+/m0/s1. The van der Waals surface area contributed by atoms with Crippen molar-refractivity contribution >= 4 is 26.0 Å². The number of sulfonamides is 1. The molecule has 1 rings (SSSR count). The van der Waals surface area contributed by atoms with E-state index >= 15 is 0 Å². The summed E-state index contributed by atoms with van der Waals surface area (Å²) in [7, 11) is -3.60. The van der Waals surface area contributed by atoms with Crippen molar-refractivity contribution in [2.75, 3.05) is 6.61 Å². The maximum atomic E-state index is 12.4. The van der Waals surface area contributed by atoms with Crippen molar-refractivity contribution in [2.45, 2.75) is 56.9 Å². The van der Waals surface area contributed by atoms with Crippen LogP contribution in [-0.2, 0) is 10.0 Å². The SMILES string of the molecule is CCCCC[C@H](CC)[C@@H](CO)NS(=O)(=O)c1ccc(Br)cc1. The fourth-order valence-electron chi connectivity index (χ4n) is 2.51. The molecule has 0 aliphatic rings. The normalized spacial score (nSPS) is 14.7. The summed E-state index contributed by atoms with van der Waals surface area (Å²) in [5.41, 5.74) is 0. The molecule has 0 radical (unpaired) electrons. The van der Waals surface area contributed by atoms with Gasteiger partial charge in [0.05, 0.1) is 11.5 Å². The highest BCUT2D eigenvalue weighted by Gasteiger charge is 2.25. The van der Waals surface area contributed by atoms with E-state index in [-0.39, 0.29) is 17.4 Å². The summed E-state index contributed by atoms with van der Waals surface area (Å²) in [4.78, 5) is 0.220. The van der Waals surface area contributed by atoms with E-state index < -0.39 is 16.1 Å². The highest BCUT2D eigenvalue weighted by Crippen LogP contribution is 2.20. The van der Waals surface area contributed by atoms with E-state index in [1.54, 1.807) is 24.3 Å². The van der Waals surface area contributed by atoms with Crippen LogP contribution in [0.2, 0.25) is 0 Å². The molecule has 0 aliphatic heterocycles. The molecular formula is C16H26BrNO3S. The molecule has 2 N–H and O–H groups in total. The molecule has 126 valence electrons. The molecule has 0 saturated heterocycles. The van der Waals surface area contributed by atoms with Crippen LogP contribution in [0.25, 0.3) is 0 Å². The molecule has 1 aromatic carbocycles. The Balaban J connectivity index is 2.79. The highest BCUT2D eigenvalue weighted by molar-refractivity contribution is 9.10. The van der Waals surface area contributed by atoms with Gasteiger partial charge >= 0.3 is 0 Å². The highest BCUT2D eigenvalue weighted by atomic mass is 79.9. The van der Waals surface area contributed by atoms with Crippen LogP contribution in [0, 0.1) is 5.92 Å². The average molecular weight is 392 g/mol. The maximum Gasteiger partial charge on any atom is 0.240 e. The van der Waals surface area contributed by atoms with E-state index in [1.807, 2.05) is 6.92 Å². The van der Waals surface area contributed by atoms with Gasteiger partial charge in [-0.05, 0) is 36.6 Å². The monoisotopic (exact) mass is 391 g/mol. The third kappa shape index (κ3) is 5.99. The van der Waals surface area contributed by atoms with Crippen LogP contribution in [0.15, 0.2) is 33.6 Å². The molecule has 0 aliphatic carbocycles. The summed E-state index contributed by atoms with van der Waals surface area (Å²) < 4.78 is 28.3. The molecule has 0 unspecified atom stereocenters. The van der Waals surface area contributed by atoms with Crippen LogP contribution < -0.4 is 4.72 Å². The summed E-state index contributed by atoms with van der Waals surface area (Å²) in [5, 5.41) is 9.60. The second-order valence-electron chi connectivity index (χ2n) is 5.53. The summed E-state index contributed by atoms with van der Waals surface area (Å²) in [6.07, 6.45) is 5.10. The van der Waals surface area contributed by atoms with Crippen molar-refractivity contribution in [1.29, 1.82) is 0 Å². The molecule has 0 amide bonds. The van der Waals surface area contributed by atoms with E-state index in [1.165, 1.54) is 0 Å². The zero-order valence-electron chi connectivity index (χ0n) is 13.3. The lowest BCUT2D eigenvalue weighted by molar-refractivity contribution is 0.204. The Kier molecular flexibility index (Phi) is 8.61. The van der Waals surface area contributed by atoms with Crippen LogP contribution in [0.5, 0.6) is 0 Å². The van der Waals surface area contributed by atoms with Crippen LogP contribution in [0.1, 0.15) is 46.0 Å². The Labute approximate surface area is 142 Å². The third-order valence-electron chi connectivity index (χ3n) is 3.90. The van der Waals surface area contributed by atoms with Gasteiger partial charge < -0.3 is 5.11 Å². The van der Waals surface area contributed by atoms with Gasteiger partial charge in [-0.3, -0.25) is 0 Å². The van der Waals surface area contributed by atoms with Crippen LogP contribution in [0.4, 0.5) is 0 Å². The molecule has 0 fully saturated rings. The number of unbranched alkanes of at least 4 members (excludes halogenated alkanes) is 2. The minimum Gasteiger partial charge on any atom is -0.395 e. The van der Waals surface area contributed by atoms with Crippen molar-refractivity contribution in [3.8, 4) is 0 Å². The first-order valence-electron chi connectivity index (χ1n) is 7.83. The largest absolute Gasteiger partial charge is 0.395 e. The minimum absolute atomic E-state index is 0.154. The molecule has 0 heterocycles. The molecule has 1 aromatic rings. The number of aliphatic hydroxyl groups excluding tert-OH is 1. The number of rotatable bonds is 10. The summed E-state index contributed by atoms with van der Waals surface area (Å²) in [5.74, 6) is 0.154. The first-order valence-corrected chi connectivity index (χ1v) is 10.1. The number of halogens is 1. The number of nitrogens with one attached hydrogen (secondary N) is 1. The second-order valence-corrected chi connectivity index (χ2v) is 8.16. The van der Waals surface area contributed by atoms with E-state index in [0.717, 1.165) is 36.6 Å². The Morgan fingerprint density at radius 1 is 1.18 bits per heavy atom. The number of hydrogen-bond acceptors (Lipinski definition) is 3. The molecule has 0 aromatic heterocycles. The molecule has 0 saturated carbocycles. The maximum absolute atomic E-state index is 12.4. The lowest BCUT2D eigenvalue weighted by atomic mass is 9.92. The molecule has 2 atom stereocenters. The average Bonchev–Trinajstić information content (AvgIpc) is 2.50. The fourth-order valence-corrected chi connectivity index (χ4v) is 4.07. The molecule has 0 spiro atoms. The van der Waals surface area contributed by atoms with Gasteiger partial charge in [-0.25, -0.2) is 13.1 Å². The van der Waals surface area contributed by atoms with Crippen molar-refractivity contribution < 1.29 is 13.5 Å². The summed E-state index contributed by atoms with van der Waals surface area (Å²) in [6.45, 7) is 3.99. The number of hydrogen-bond donors (Lipinski definition) is 2. The topological polar surface area (TPSA) is 66.4 Å². The van der Waals surface area contributed by atoms with E-state index in [9.17, 15) is 13.5 Å². The lowest BCUT2D eigenvalue weighted by Crippen LogP contribution is -2.42. The number of aliphatic hydroxyl groups is 1. The molecular weight excluding hydrogens is 366 g/mol. The quantitative estimate of drug-likeness (QED) is 0.597. The van der Waals surface area contributed by atoms with Gasteiger partial charge in [0.15, 0.2) is 0 Å². The Morgan fingerprint density at radius 2 is 1.82 bits per heavy atom. The smallest absolute Gasteiger partial charge is 0.240 e. The Morgan fingerprint density at radius 3 is 2.32 bits per heavy atom. The predicted octanol–water partition coefficient (Wildman–Crippen LogP) is 3.69. The Bertz CT molecular complexity index is 531. The van der Waals surface area contributed by atoms with Gasteiger partial charge in [0.2, 0.25) is 10.0 Å². The van der Waals surface area contributed by atoms with Gasteiger partial charge in [0.1, 0.15) is 0 Å². The van der Waals surface area contributed by atoms with Crippen molar-refractivity contribution in [3.63, 3.8) is 0 Å². The van der Waals surface area contributed by atoms with Crippen molar-refractivity contribution in [3.05, 3.63) is 28.7 Å².